The molecule has 4 rings (SSSR count). The van der Waals surface area contributed by atoms with E-state index in [0.717, 1.165) is 13.1 Å². The summed E-state index contributed by atoms with van der Waals surface area (Å²) in [5, 5.41) is 22.6. The zero-order valence-corrected chi connectivity index (χ0v) is 17.8. The van der Waals surface area contributed by atoms with Crippen molar-refractivity contribution in [2.24, 2.45) is 29.1 Å². The fraction of sp³-hybridized carbons (Fsp3) is 0.909. The van der Waals surface area contributed by atoms with E-state index in [9.17, 15) is 19.8 Å². The first-order valence-corrected chi connectivity index (χ1v) is 11.3. The van der Waals surface area contributed by atoms with Gasteiger partial charge in [0.15, 0.2) is 0 Å². The second kappa shape index (κ2) is 7.82. The highest BCUT2D eigenvalue weighted by Crippen LogP contribution is 2.57. The Labute approximate surface area is 172 Å². The molecule has 7 heteroatoms. The number of fused-ring (bicyclic) bond motifs is 2. The lowest BCUT2D eigenvalue weighted by Gasteiger charge is -2.42. The van der Waals surface area contributed by atoms with Crippen LogP contribution in [-0.4, -0.2) is 66.2 Å². The summed E-state index contributed by atoms with van der Waals surface area (Å²) in [7, 11) is 0. The third-order valence-corrected chi connectivity index (χ3v) is 8.36. The Kier molecular flexibility index (Phi) is 5.68. The number of aliphatic hydroxyl groups is 2. The topological polar surface area (TPSA) is 97.5 Å². The van der Waals surface area contributed by atoms with Crippen LogP contribution < -0.4 is 4.90 Å². The second-order valence-corrected chi connectivity index (χ2v) is 10.1. The van der Waals surface area contributed by atoms with Crippen molar-refractivity contribution < 1.29 is 34.2 Å². The van der Waals surface area contributed by atoms with Crippen molar-refractivity contribution >= 4 is 11.9 Å². The van der Waals surface area contributed by atoms with Gasteiger partial charge in [-0.3, -0.25) is 9.59 Å². The van der Waals surface area contributed by atoms with E-state index < -0.39 is 23.7 Å². The highest BCUT2D eigenvalue weighted by atomic mass is 16.6. The molecule has 2 aliphatic heterocycles. The Balaban J connectivity index is 1.63. The number of hydrogen-bond donors (Lipinski definition) is 3. The number of esters is 2. The molecule has 0 unspecified atom stereocenters. The van der Waals surface area contributed by atoms with Gasteiger partial charge in [0.25, 0.3) is 0 Å². The average Bonchev–Trinajstić information content (AvgIpc) is 3.06. The van der Waals surface area contributed by atoms with Crippen LogP contribution in [0.4, 0.5) is 0 Å². The number of quaternary nitrogens is 1. The Morgan fingerprint density at radius 3 is 2.59 bits per heavy atom. The lowest BCUT2D eigenvalue weighted by Crippen LogP contribution is -3.13. The molecule has 0 radical (unpaired) electrons. The van der Waals surface area contributed by atoms with Crippen molar-refractivity contribution in [2.45, 2.75) is 77.3 Å². The first-order chi connectivity index (χ1) is 13.7. The second-order valence-electron chi connectivity index (χ2n) is 10.1. The summed E-state index contributed by atoms with van der Waals surface area (Å²) >= 11 is 0. The van der Waals surface area contributed by atoms with E-state index in [1.165, 1.54) is 31.1 Å². The van der Waals surface area contributed by atoms with Crippen molar-refractivity contribution in [3.05, 3.63) is 0 Å². The molecule has 0 aromatic heterocycles. The predicted molar refractivity (Wildman–Crippen MR) is 104 cm³/mol. The van der Waals surface area contributed by atoms with Gasteiger partial charge in [0.2, 0.25) is 0 Å². The molecular weight excluding hydrogens is 374 g/mol. The van der Waals surface area contributed by atoms with Gasteiger partial charge in [-0.15, -0.1) is 0 Å². The summed E-state index contributed by atoms with van der Waals surface area (Å²) in [6.45, 7) is 8.16. The van der Waals surface area contributed by atoms with E-state index in [4.69, 9.17) is 9.47 Å². The molecular formula is C22H36NO6+. The number of nitrogens with one attached hydrogen (secondary N) is 1. The van der Waals surface area contributed by atoms with E-state index in [2.05, 4.69) is 6.92 Å². The van der Waals surface area contributed by atoms with E-state index >= 15 is 0 Å². The maximum Gasteiger partial charge on any atom is 0.315 e. The van der Waals surface area contributed by atoms with E-state index in [-0.39, 0.29) is 41.7 Å². The molecule has 7 nitrogen and oxygen atoms in total. The summed E-state index contributed by atoms with van der Waals surface area (Å²) in [5.74, 6) is -1.33. The third kappa shape index (κ3) is 3.49. The molecule has 4 aliphatic rings. The van der Waals surface area contributed by atoms with Crippen LogP contribution in [0.15, 0.2) is 0 Å². The summed E-state index contributed by atoms with van der Waals surface area (Å²) in [6.07, 6.45) is 2.13. The molecule has 3 N–H and O–H groups in total. The van der Waals surface area contributed by atoms with Crippen molar-refractivity contribution in [2.75, 3.05) is 19.6 Å². The summed E-state index contributed by atoms with van der Waals surface area (Å²) in [5.41, 5.74) is -0.831. The van der Waals surface area contributed by atoms with Crippen LogP contribution in [0.1, 0.15) is 52.9 Å². The predicted octanol–water partition coefficient (Wildman–Crippen LogP) is -0.0675. The van der Waals surface area contributed by atoms with Crippen LogP contribution in [0.2, 0.25) is 0 Å². The van der Waals surface area contributed by atoms with Crippen LogP contribution in [0, 0.1) is 29.1 Å². The van der Waals surface area contributed by atoms with Crippen LogP contribution >= 0.6 is 0 Å². The number of rotatable bonds is 3. The van der Waals surface area contributed by atoms with Gasteiger partial charge in [-0.25, -0.2) is 0 Å². The first-order valence-electron chi connectivity index (χ1n) is 11.3. The van der Waals surface area contributed by atoms with Gasteiger partial charge in [0.1, 0.15) is 18.1 Å². The maximum atomic E-state index is 12.8. The van der Waals surface area contributed by atoms with Crippen LogP contribution in [-0.2, 0) is 19.1 Å². The largest absolute Gasteiger partial charge is 0.462 e. The molecule has 9 atom stereocenters. The summed E-state index contributed by atoms with van der Waals surface area (Å²) in [4.78, 5) is 25.8. The molecule has 2 aliphatic carbocycles. The lowest BCUT2D eigenvalue weighted by atomic mass is 9.66. The van der Waals surface area contributed by atoms with Gasteiger partial charge in [0, 0.05) is 30.6 Å². The zero-order chi connectivity index (χ0) is 20.9. The van der Waals surface area contributed by atoms with Gasteiger partial charge in [0.05, 0.1) is 31.8 Å². The standard InChI is InChI=1S/C22H35NO6/c1-12-9-15-18(14(21(27)29-15)11-23-7-5-4-6-8-23)20(26)22(3)17(25)10-16(19(12)22)28-13(2)24/h12,14-20,25-26H,4-11H2,1-3H3/p+1/t12-,14-,15+,16+,17+,18-,19+,20+,22-/m1/s1. The first kappa shape index (κ1) is 21.1. The van der Waals surface area contributed by atoms with Gasteiger partial charge < -0.3 is 24.6 Å². The van der Waals surface area contributed by atoms with Gasteiger partial charge in [-0.05, 0) is 31.6 Å². The van der Waals surface area contributed by atoms with Crippen molar-refractivity contribution in [1.82, 2.24) is 0 Å². The van der Waals surface area contributed by atoms with E-state index in [1.807, 2.05) is 6.92 Å². The number of likely N-dealkylation sites (tertiary alicyclic amines) is 1. The van der Waals surface area contributed by atoms with Crippen molar-refractivity contribution in [3.8, 4) is 0 Å². The monoisotopic (exact) mass is 410 g/mol. The Morgan fingerprint density at radius 2 is 1.93 bits per heavy atom. The van der Waals surface area contributed by atoms with E-state index in [0.29, 0.717) is 19.4 Å². The fourth-order valence-corrected chi connectivity index (χ4v) is 7.03. The molecule has 0 spiro atoms. The Hall–Kier alpha value is -1.18. The van der Waals surface area contributed by atoms with Crippen molar-refractivity contribution in [3.63, 3.8) is 0 Å². The van der Waals surface area contributed by atoms with E-state index in [1.54, 1.807) is 0 Å². The minimum Gasteiger partial charge on any atom is -0.462 e. The summed E-state index contributed by atoms with van der Waals surface area (Å²) < 4.78 is 11.4. The Morgan fingerprint density at radius 1 is 1.24 bits per heavy atom. The number of aliphatic hydroxyl groups excluding tert-OH is 2. The van der Waals surface area contributed by atoms with Crippen LogP contribution in [0.25, 0.3) is 0 Å². The molecule has 0 bridgehead atoms. The molecule has 0 aromatic carbocycles. The smallest absolute Gasteiger partial charge is 0.315 e. The number of piperidine rings is 1. The highest BCUT2D eigenvalue weighted by Gasteiger charge is 2.66. The van der Waals surface area contributed by atoms with Crippen LogP contribution in [0.3, 0.4) is 0 Å². The van der Waals surface area contributed by atoms with Gasteiger partial charge in [-0.1, -0.05) is 13.8 Å². The molecule has 2 saturated heterocycles. The van der Waals surface area contributed by atoms with Gasteiger partial charge in [-0.2, -0.15) is 0 Å². The molecule has 2 saturated carbocycles. The lowest BCUT2D eigenvalue weighted by molar-refractivity contribution is -0.907. The highest BCUT2D eigenvalue weighted by molar-refractivity contribution is 5.75. The van der Waals surface area contributed by atoms with Crippen LogP contribution in [0.5, 0.6) is 0 Å². The Bertz CT molecular complexity index is 649. The third-order valence-electron chi connectivity index (χ3n) is 8.36. The normalized spacial score (nSPS) is 47.8. The van der Waals surface area contributed by atoms with Crippen molar-refractivity contribution in [1.29, 1.82) is 0 Å². The quantitative estimate of drug-likeness (QED) is 0.564. The molecule has 164 valence electrons. The summed E-state index contributed by atoms with van der Waals surface area (Å²) in [6, 6.07) is 0. The van der Waals surface area contributed by atoms with Gasteiger partial charge >= 0.3 is 11.9 Å². The molecule has 29 heavy (non-hydrogen) atoms. The maximum absolute atomic E-state index is 12.8. The number of ether oxygens (including phenoxy) is 2. The number of hydrogen-bond acceptors (Lipinski definition) is 6. The minimum absolute atomic E-state index is 0.0556. The average molecular weight is 411 g/mol. The molecule has 4 fully saturated rings. The number of carbonyl (C=O) groups excluding carboxylic acids is 2. The molecule has 0 aromatic rings. The number of carbonyl (C=O) groups is 2. The fourth-order valence-electron chi connectivity index (χ4n) is 7.03. The SMILES string of the molecule is CC(=O)O[C@H]1C[C@H](O)[C@]2(C)[C@H]1[C@H](C)C[C@@H]1OC(=O)[C@H](C[NH+]3CCCCC3)[C@H]1[C@@H]2O. The minimum atomic E-state index is -0.876. The molecule has 2 heterocycles. The zero-order valence-electron chi connectivity index (χ0n) is 17.8. The molecule has 0 amide bonds.